The zero-order valence-electron chi connectivity index (χ0n) is 11.4. The van der Waals surface area contributed by atoms with E-state index in [9.17, 15) is 9.00 Å². The van der Waals surface area contributed by atoms with Gasteiger partial charge in [-0.25, -0.2) is 4.98 Å². The van der Waals surface area contributed by atoms with Gasteiger partial charge in [0.1, 0.15) is 5.15 Å². The zero-order valence-corrected chi connectivity index (χ0v) is 13.0. The number of pyridine rings is 1. The van der Waals surface area contributed by atoms with Crippen molar-refractivity contribution in [2.45, 2.75) is 31.9 Å². The molecule has 2 atom stereocenters. The number of hydrogen-bond donors (Lipinski definition) is 1. The molecule has 0 saturated carbocycles. The summed E-state index contributed by atoms with van der Waals surface area (Å²) >= 11 is 5.87. The molecule has 19 heavy (non-hydrogen) atoms. The van der Waals surface area contributed by atoms with Crippen LogP contribution in [0.2, 0.25) is 5.15 Å². The van der Waals surface area contributed by atoms with Crippen molar-refractivity contribution in [2.24, 2.45) is 0 Å². The van der Waals surface area contributed by atoms with Crippen LogP contribution in [0.1, 0.15) is 36.3 Å². The van der Waals surface area contributed by atoms with Crippen molar-refractivity contribution in [3.8, 4) is 0 Å². The van der Waals surface area contributed by atoms with Crippen LogP contribution in [0.15, 0.2) is 12.1 Å². The van der Waals surface area contributed by atoms with Crippen molar-refractivity contribution in [1.29, 1.82) is 0 Å². The maximum atomic E-state index is 11.9. The van der Waals surface area contributed by atoms with E-state index in [1.807, 2.05) is 13.8 Å². The molecule has 1 N–H and O–H groups in total. The number of rotatable bonds is 6. The van der Waals surface area contributed by atoms with E-state index in [4.69, 9.17) is 11.6 Å². The van der Waals surface area contributed by atoms with Gasteiger partial charge in [-0.3, -0.25) is 9.00 Å². The quantitative estimate of drug-likeness (QED) is 0.820. The summed E-state index contributed by atoms with van der Waals surface area (Å²) in [5.74, 6) is -0.173. The van der Waals surface area contributed by atoms with Crippen molar-refractivity contribution >= 4 is 28.3 Å². The van der Waals surface area contributed by atoms with Gasteiger partial charge in [-0.05, 0) is 25.0 Å². The molecule has 0 saturated heterocycles. The Kier molecular flexibility index (Phi) is 6.45. The van der Waals surface area contributed by atoms with E-state index in [0.29, 0.717) is 23.7 Å². The first kappa shape index (κ1) is 16.1. The highest BCUT2D eigenvalue weighted by Gasteiger charge is 2.10. The molecule has 1 aromatic rings. The average Bonchev–Trinajstić information content (AvgIpc) is 2.37. The number of carbonyl (C=O) groups is 1. The smallest absolute Gasteiger partial charge is 0.251 e. The van der Waals surface area contributed by atoms with Gasteiger partial charge in [0, 0.05) is 40.1 Å². The Morgan fingerprint density at radius 3 is 2.79 bits per heavy atom. The summed E-state index contributed by atoms with van der Waals surface area (Å²) in [5.41, 5.74) is 1.31. The van der Waals surface area contributed by atoms with E-state index in [1.165, 1.54) is 0 Å². The zero-order chi connectivity index (χ0) is 14.4. The summed E-state index contributed by atoms with van der Waals surface area (Å²) in [6, 6.07) is 3.29. The summed E-state index contributed by atoms with van der Waals surface area (Å²) in [7, 11) is -0.861. The minimum atomic E-state index is -0.861. The molecule has 0 spiro atoms. The Bertz CT molecular complexity index is 480. The predicted molar refractivity (Wildman–Crippen MR) is 79.1 cm³/mol. The minimum absolute atomic E-state index is 0.0764. The van der Waals surface area contributed by atoms with Crippen molar-refractivity contribution in [3.63, 3.8) is 0 Å². The molecular formula is C13H19ClN2O2S. The number of nitrogens with one attached hydrogen (secondary N) is 1. The van der Waals surface area contributed by atoms with Gasteiger partial charge in [-0.15, -0.1) is 0 Å². The first-order valence-electron chi connectivity index (χ1n) is 6.21. The topological polar surface area (TPSA) is 59.1 Å². The fourth-order valence-electron chi connectivity index (χ4n) is 1.52. The summed E-state index contributed by atoms with van der Waals surface area (Å²) < 4.78 is 11.2. The highest BCUT2D eigenvalue weighted by atomic mass is 35.5. The van der Waals surface area contributed by atoms with E-state index in [1.54, 1.807) is 18.4 Å². The second kappa shape index (κ2) is 7.60. The number of halogens is 1. The number of carbonyl (C=O) groups excluding carboxylic acids is 1. The first-order chi connectivity index (χ1) is 8.93. The molecule has 1 rings (SSSR count). The Balaban J connectivity index is 2.58. The molecule has 0 aliphatic heterocycles. The molecule has 0 aliphatic carbocycles. The van der Waals surface area contributed by atoms with E-state index < -0.39 is 10.8 Å². The van der Waals surface area contributed by atoms with Crippen molar-refractivity contribution in [3.05, 3.63) is 28.5 Å². The second-order valence-corrected chi connectivity index (χ2v) is 6.57. The molecule has 1 aromatic heterocycles. The molecule has 4 nitrogen and oxygen atoms in total. The van der Waals surface area contributed by atoms with Crippen LogP contribution < -0.4 is 5.32 Å². The van der Waals surface area contributed by atoms with E-state index >= 15 is 0 Å². The lowest BCUT2D eigenvalue weighted by Gasteiger charge is -2.10. The fourth-order valence-corrected chi connectivity index (χ4v) is 2.20. The fraction of sp³-hybridized carbons (Fsp3) is 0.538. The molecule has 0 fully saturated rings. The van der Waals surface area contributed by atoms with E-state index in [-0.39, 0.29) is 11.2 Å². The molecule has 2 unspecified atom stereocenters. The van der Waals surface area contributed by atoms with Crippen molar-refractivity contribution in [1.82, 2.24) is 10.3 Å². The van der Waals surface area contributed by atoms with Crippen LogP contribution in [0.4, 0.5) is 0 Å². The van der Waals surface area contributed by atoms with Crippen LogP contribution in [-0.4, -0.2) is 33.2 Å². The SMILES string of the molecule is CCc1cc(C(=O)NCCC(C)S(C)=O)cc(Cl)n1. The molecular weight excluding hydrogens is 284 g/mol. The first-order valence-corrected chi connectivity index (χ1v) is 8.20. The predicted octanol–water partition coefficient (Wildman–Crippen LogP) is 2.18. The van der Waals surface area contributed by atoms with E-state index in [2.05, 4.69) is 10.3 Å². The van der Waals surface area contributed by atoms with Crippen LogP contribution >= 0.6 is 11.6 Å². The third-order valence-corrected chi connectivity index (χ3v) is 4.44. The highest BCUT2D eigenvalue weighted by Crippen LogP contribution is 2.11. The van der Waals surface area contributed by atoms with Gasteiger partial charge in [0.15, 0.2) is 0 Å². The summed E-state index contributed by atoms with van der Waals surface area (Å²) in [6.07, 6.45) is 3.09. The third kappa shape index (κ3) is 5.28. The van der Waals surface area contributed by atoms with Gasteiger partial charge in [-0.1, -0.05) is 25.4 Å². The van der Waals surface area contributed by atoms with Crippen LogP contribution in [0.5, 0.6) is 0 Å². The largest absolute Gasteiger partial charge is 0.352 e. The summed E-state index contributed by atoms with van der Waals surface area (Å²) in [4.78, 5) is 16.1. The number of nitrogens with zero attached hydrogens (tertiary/aromatic N) is 1. The molecule has 1 amide bonds. The molecule has 106 valence electrons. The molecule has 0 bridgehead atoms. The van der Waals surface area contributed by atoms with Gasteiger partial charge >= 0.3 is 0 Å². The number of hydrogen-bond acceptors (Lipinski definition) is 3. The molecule has 0 radical (unpaired) electrons. The molecule has 1 heterocycles. The molecule has 0 aliphatic rings. The normalized spacial score (nSPS) is 13.9. The lowest BCUT2D eigenvalue weighted by Crippen LogP contribution is -2.27. The van der Waals surface area contributed by atoms with Crippen LogP contribution in [0.3, 0.4) is 0 Å². The monoisotopic (exact) mass is 302 g/mol. The van der Waals surface area contributed by atoms with Gasteiger partial charge < -0.3 is 5.32 Å². The Morgan fingerprint density at radius 2 is 2.21 bits per heavy atom. The van der Waals surface area contributed by atoms with Gasteiger partial charge in [-0.2, -0.15) is 0 Å². The van der Waals surface area contributed by atoms with Crippen LogP contribution in [0, 0.1) is 0 Å². The summed E-state index contributed by atoms with van der Waals surface area (Å²) in [6.45, 7) is 4.36. The van der Waals surface area contributed by atoms with E-state index in [0.717, 1.165) is 12.1 Å². The Labute approximate surface area is 121 Å². The van der Waals surface area contributed by atoms with Crippen molar-refractivity contribution < 1.29 is 9.00 Å². The standard InChI is InChI=1S/C13H19ClN2O2S/c1-4-11-7-10(8-12(14)16-11)13(17)15-6-5-9(2)19(3)18/h7-9H,4-6H2,1-3H3,(H,15,17). The second-order valence-electron chi connectivity index (χ2n) is 4.38. The molecule has 6 heteroatoms. The Hall–Kier alpha value is -0.940. The lowest BCUT2D eigenvalue weighted by atomic mass is 10.2. The van der Waals surface area contributed by atoms with Crippen LogP contribution in [0.25, 0.3) is 0 Å². The van der Waals surface area contributed by atoms with Gasteiger partial charge in [0.2, 0.25) is 0 Å². The highest BCUT2D eigenvalue weighted by molar-refractivity contribution is 7.84. The maximum absolute atomic E-state index is 11.9. The minimum Gasteiger partial charge on any atom is -0.352 e. The van der Waals surface area contributed by atoms with Crippen LogP contribution in [-0.2, 0) is 17.2 Å². The van der Waals surface area contributed by atoms with Gasteiger partial charge in [0.25, 0.3) is 5.91 Å². The van der Waals surface area contributed by atoms with Crippen molar-refractivity contribution in [2.75, 3.05) is 12.8 Å². The maximum Gasteiger partial charge on any atom is 0.251 e. The van der Waals surface area contributed by atoms with Gasteiger partial charge in [0.05, 0.1) is 0 Å². The lowest BCUT2D eigenvalue weighted by molar-refractivity contribution is 0.0953. The number of amides is 1. The average molecular weight is 303 g/mol. The number of aromatic nitrogens is 1. The Morgan fingerprint density at radius 1 is 1.53 bits per heavy atom. The molecule has 0 aromatic carbocycles. The third-order valence-electron chi connectivity index (χ3n) is 2.87. The number of aryl methyl sites for hydroxylation is 1. The summed E-state index contributed by atoms with van der Waals surface area (Å²) in [5, 5.41) is 3.21.